The molecule has 7 nitrogen and oxygen atoms in total. The lowest BCUT2D eigenvalue weighted by atomic mass is 10.1. The Bertz CT molecular complexity index is 572. The summed E-state index contributed by atoms with van der Waals surface area (Å²) in [7, 11) is 1.00. The highest BCUT2D eigenvalue weighted by molar-refractivity contribution is 5.67. The maximum absolute atomic E-state index is 13.5. The summed E-state index contributed by atoms with van der Waals surface area (Å²) in [6.45, 7) is 1.63. The van der Waals surface area contributed by atoms with Crippen molar-refractivity contribution in [3.63, 3.8) is 0 Å². The SMILES string of the molecule is C.CO.O=C(OCc1ccccc1)N1CCCC(O)C(F)C1.OC1CCCNCC1F. The Morgan fingerprint density at radius 2 is 1.71 bits per heavy atom. The van der Waals surface area contributed by atoms with Gasteiger partial charge in [-0.2, -0.15) is 0 Å². The molecule has 2 aliphatic rings. The van der Waals surface area contributed by atoms with E-state index in [1.54, 1.807) is 0 Å². The van der Waals surface area contributed by atoms with Crippen LogP contribution in [0.1, 0.15) is 38.7 Å². The predicted molar refractivity (Wildman–Crippen MR) is 116 cm³/mol. The molecular formula is C22H38F2N2O5. The molecule has 3 rings (SSSR count). The summed E-state index contributed by atoms with van der Waals surface area (Å²) >= 11 is 0. The number of aliphatic hydroxyl groups is 3. The lowest BCUT2D eigenvalue weighted by molar-refractivity contribution is 0.0556. The van der Waals surface area contributed by atoms with Gasteiger partial charge in [0.25, 0.3) is 0 Å². The quantitative estimate of drug-likeness (QED) is 0.554. The predicted octanol–water partition coefficient (Wildman–Crippen LogP) is 2.43. The fourth-order valence-corrected chi connectivity index (χ4v) is 3.07. The van der Waals surface area contributed by atoms with E-state index in [0.29, 0.717) is 32.4 Å². The fourth-order valence-electron chi connectivity index (χ4n) is 3.07. The summed E-state index contributed by atoms with van der Waals surface area (Å²) in [5.74, 6) is 0. The molecule has 1 amide bonds. The van der Waals surface area contributed by atoms with Crippen LogP contribution >= 0.6 is 0 Å². The van der Waals surface area contributed by atoms with E-state index in [1.165, 1.54) is 4.90 Å². The van der Waals surface area contributed by atoms with Crippen molar-refractivity contribution in [1.29, 1.82) is 0 Å². The number of carbonyl (C=O) groups is 1. The Hall–Kier alpha value is -1.81. The minimum absolute atomic E-state index is 0. The monoisotopic (exact) mass is 448 g/mol. The van der Waals surface area contributed by atoms with Gasteiger partial charge in [-0.15, -0.1) is 0 Å². The highest BCUT2D eigenvalue weighted by Crippen LogP contribution is 2.15. The molecule has 0 bridgehead atoms. The summed E-state index contributed by atoms with van der Waals surface area (Å²) in [5.41, 5.74) is 0.891. The van der Waals surface area contributed by atoms with Gasteiger partial charge in [-0.3, -0.25) is 0 Å². The molecular weight excluding hydrogens is 410 g/mol. The van der Waals surface area contributed by atoms with Gasteiger partial charge in [-0.05, 0) is 37.8 Å². The van der Waals surface area contributed by atoms with Crippen molar-refractivity contribution in [3.05, 3.63) is 35.9 Å². The molecule has 1 aromatic rings. The number of hydrogen-bond donors (Lipinski definition) is 4. The Balaban J connectivity index is 0.000000633. The van der Waals surface area contributed by atoms with E-state index >= 15 is 0 Å². The normalized spacial score (nSPS) is 25.8. The number of nitrogens with zero attached hydrogens (tertiary/aromatic N) is 1. The number of alkyl halides is 2. The number of nitrogens with one attached hydrogen (secondary N) is 1. The molecule has 9 heteroatoms. The molecule has 4 atom stereocenters. The lowest BCUT2D eigenvalue weighted by Crippen LogP contribution is -2.38. The summed E-state index contributed by atoms with van der Waals surface area (Å²) < 4.78 is 31.2. The minimum atomic E-state index is -1.40. The zero-order valence-electron chi connectivity index (χ0n) is 17.4. The third-order valence-corrected chi connectivity index (χ3v) is 4.81. The first-order valence-corrected chi connectivity index (χ1v) is 10.2. The summed E-state index contributed by atoms with van der Waals surface area (Å²) in [6, 6.07) is 9.33. The molecule has 4 unspecified atom stereocenters. The summed E-state index contributed by atoms with van der Waals surface area (Å²) in [4.78, 5) is 13.2. The van der Waals surface area contributed by atoms with Crippen LogP contribution in [0.2, 0.25) is 0 Å². The van der Waals surface area contributed by atoms with E-state index in [1.807, 2.05) is 30.3 Å². The smallest absolute Gasteiger partial charge is 0.410 e. The average molecular weight is 449 g/mol. The number of aliphatic hydroxyl groups excluding tert-OH is 3. The molecule has 180 valence electrons. The van der Waals surface area contributed by atoms with Crippen LogP contribution in [-0.2, 0) is 11.3 Å². The van der Waals surface area contributed by atoms with Gasteiger partial charge in [0.15, 0.2) is 0 Å². The molecule has 2 aliphatic heterocycles. The molecule has 0 aliphatic carbocycles. The van der Waals surface area contributed by atoms with Gasteiger partial charge in [0.2, 0.25) is 0 Å². The van der Waals surface area contributed by atoms with Crippen LogP contribution in [0, 0.1) is 0 Å². The van der Waals surface area contributed by atoms with Gasteiger partial charge >= 0.3 is 6.09 Å². The van der Waals surface area contributed by atoms with Gasteiger partial charge in [-0.1, -0.05) is 37.8 Å². The van der Waals surface area contributed by atoms with E-state index < -0.39 is 30.6 Å². The van der Waals surface area contributed by atoms with Crippen LogP contribution in [-0.4, -0.2) is 84.2 Å². The fraction of sp³-hybridized carbons (Fsp3) is 0.682. The third kappa shape index (κ3) is 11.4. The molecule has 2 saturated heterocycles. The number of likely N-dealkylation sites (tertiary alicyclic amines) is 1. The van der Waals surface area contributed by atoms with Crippen LogP contribution in [0.4, 0.5) is 13.6 Å². The van der Waals surface area contributed by atoms with Crippen LogP contribution in [0.3, 0.4) is 0 Å². The van der Waals surface area contributed by atoms with Crippen molar-refractivity contribution in [2.45, 2.75) is 64.3 Å². The second-order valence-corrected chi connectivity index (χ2v) is 7.14. The molecule has 0 aromatic heterocycles. The first-order valence-electron chi connectivity index (χ1n) is 10.2. The molecule has 4 N–H and O–H groups in total. The average Bonchev–Trinajstić information content (AvgIpc) is 3.07. The van der Waals surface area contributed by atoms with Crippen molar-refractivity contribution in [2.24, 2.45) is 0 Å². The van der Waals surface area contributed by atoms with Gasteiger partial charge in [0.1, 0.15) is 19.0 Å². The lowest BCUT2D eigenvalue weighted by Gasteiger charge is -2.21. The summed E-state index contributed by atoms with van der Waals surface area (Å²) in [6.07, 6.45) is -2.27. The zero-order valence-corrected chi connectivity index (χ0v) is 17.4. The van der Waals surface area contributed by atoms with E-state index in [4.69, 9.17) is 14.9 Å². The molecule has 0 spiro atoms. The molecule has 0 saturated carbocycles. The molecule has 2 fully saturated rings. The van der Waals surface area contributed by atoms with Gasteiger partial charge < -0.3 is 30.3 Å². The first kappa shape index (κ1) is 29.2. The number of amides is 1. The van der Waals surface area contributed by atoms with Crippen molar-refractivity contribution in [1.82, 2.24) is 10.2 Å². The second-order valence-electron chi connectivity index (χ2n) is 7.14. The van der Waals surface area contributed by atoms with Gasteiger partial charge in [0, 0.05) is 20.2 Å². The minimum Gasteiger partial charge on any atom is -0.445 e. The van der Waals surface area contributed by atoms with Crippen LogP contribution in [0.5, 0.6) is 0 Å². The van der Waals surface area contributed by atoms with Crippen molar-refractivity contribution >= 4 is 6.09 Å². The number of hydrogen-bond acceptors (Lipinski definition) is 6. The summed E-state index contributed by atoms with van der Waals surface area (Å²) in [5, 5.41) is 28.2. The Labute approximate surface area is 184 Å². The standard InChI is InChI=1S/C14H18FNO3.C6H12FNO.CH4O.CH4/c15-12-9-16(8-4-7-13(12)17)14(18)19-10-11-5-2-1-3-6-11;7-5-4-8-3-1-2-6(5)9;1-2;/h1-3,5-6,12-13,17H,4,7-10H2;5-6,8-9H,1-4H2;2H,1H3;1H4. The largest absolute Gasteiger partial charge is 0.445 e. The number of ether oxygens (including phenoxy) is 1. The van der Waals surface area contributed by atoms with E-state index in [0.717, 1.165) is 25.6 Å². The van der Waals surface area contributed by atoms with E-state index in [9.17, 15) is 18.7 Å². The maximum Gasteiger partial charge on any atom is 0.410 e. The Morgan fingerprint density at radius 1 is 1.10 bits per heavy atom. The molecule has 31 heavy (non-hydrogen) atoms. The molecule has 0 radical (unpaired) electrons. The zero-order chi connectivity index (χ0) is 22.4. The number of rotatable bonds is 2. The number of benzene rings is 1. The van der Waals surface area contributed by atoms with Crippen LogP contribution in [0.15, 0.2) is 30.3 Å². The van der Waals surface area contributed by atoms with Gasteiger partial charge in [0.05, 0.1) is 18.8 Å². The number of carbonyl (C=O) groups excluding carboxylic acids is 1. The third-order valence-electron chi connectivity index (χ3n) is 4.81. The van der Waals surface area contributed by atoms with Crippen molar-refractivity contribution in [2.75, 3.05) is 33.3 Å². The first-order chi connectivity index (χ1) is 14.5. The number of halogens is 2. The second kappa shape index (κ2) is 16.8. The Morgan fingerprint density at radius 3 is 2.39 bits per heavy atom. The Kier molecular flexibility index (Phi) is 15.8. The van der Waals surface area contributed by atoms with Gasteiger partial charge in [-0.25, -0.2) is 13.6 Å². The molecule has 1 aromatic carbocycles. The molecule has 2 heterocycles. The highest BCUT2D eigenvalue weighted by Gasteiger charge is 2.28. The van der Waals surface area contributed by atoms with Crippen molar-refractivity contribution < 1.29 is 33.6 Å². The van der Waals surface area contributed by atoms with E-state index in [-0.39, 0.29) is 20.6 Å². The van der Waals surface area contributed by atoms with Crippen LogP contribution in [0.25, 0.3) is 0 Å². The van der Waals surface area contributed by atoms with Crippen molar-refractivity contribution in [3.8, 4) is 0 Å². The van der Waals surface area contributed by atoms with E-state index in [2.05, 4.69) is 5.32 Å². The topological polar surface area (TPSA) is 102 Å². The van der Waals surface area contributed by atoms with Crippen LogP contribution < -0.4 is 5.32 Å². The highest BCUT2D eigenvalue weighted by atomic mass is 19.1. The maximum atomic E-state index is 13.5.